The average Bonchev–Trinajstić information content (AvgIpc) is 2.92. The van der Waals surface area contributed by atoms with Crippen LogP contribution in [-0.4, -0.2) is 108 Å². The minimum Gasteiger partial charge on any atom is -0.388 e. The summed E-state index contributed by atoms with van der Waals surface area (Å²) in [6.07, 6.45) is 9.21. The predicted molar refractivity (Wildman–Crippen MR) is 187 cm³/mol. The van der Waals surface area contributed by atoms with E-state index in [2.05, 4.69) is 66.6 Å². The maximum Gasteiger partial charge on any atom is 0.222 e. The number of aliphatic imine (C=N–C) groups is 2. The van der Waals surface area contributed by atoms with Crippen molar-refractivity contribution in [3.63, 3.8) is 0 Å². The Morgan fingerprint density at radius 3 is 1.66 bits per heavy atom. The number of piperidine rings is 1. The molecule has 2 amide bonds. The van der Waals surface area contributed by atoms with Crippen molar-refractivity contribution in [3.05, 3.63) is 0 Å². The van der Waals surface area contributed by atoms with Crippen LogP contribution >= 0.6 is 0 Å². The number of hydrogen-bond acceptors (Lipinski definition) is 6. The fourth-order valence-corrected chi connectivity index (χ4v) is 5.38. The number of likely N-dealkylation sites (tertiary alicyclic amines) is 1. The Labute approximate surface area is 269 Å². The molecule has 258 valence electrons. The van der Waals surface area contributed by atoms with Crippen molar-refractivity contribution in [3.8, 4) is 0 Å². The van der Waals surface area contributed by atoms with E-state index in [0.29, 0.717) is 31.3 Å². The zero-order valence-electron chi connectivity index (χ0n) is 28.6. The Morgan fingerprint density at radius 2 is 1.18 bits per heavy atom. The van der Waals surface area contributed by atoms with Gasteiger partial charge in [0, 0.05) is 82.3 Å². The number of amides is 2. The summed E-state index contributed by atoms with van der Waals surface area (Å²) in [7, 11) is 0. The molecule has 0 spiro atoms. The summed E-state index contributed by atoms with van der Waals surface area (Å²) in [6, 6.07) is 0.357. The molecule has 0 aromatic heterocycles. The van der Waals surface area contributed by atoms with Crippen molar-refractivity contribution < 1.29 is 9.59 Å². The Bertz CT molecular complexity index is 853. The van der Waals surface area contributed by atoms with Gasteiger partial charge in [0.1, 0.15) is 0 Å². The topological polar surface area (TPSA) is 159 Å². The lowest BCUT2D eigenvalue weighted by Crippen LogP contribution is -2.54. The first-order chi connectivity index (χ1) is 20.1. The van der Waals surface area contributed by atoms with E-state index in [0.717, 1.165) is 97.2 Å². The number of amidine groups is 1. The van der Waals surface area contributed by atoms with Gasteiger partial charge in [-0.05, 0) is 87.0 Å². The molecule has 2 aliphatic heterocycles. The van der Waals surface area contributed by atoms with Crippen molar-refractivity contribution in [1.82, 2.24) is 20.0 Å². The highest BCUT2D eigenvalue weighted by Gasteiger charge is 2.28. The molecule has 11 nitrogen and oxygen atoms in total. The smallest absolute Gasteiger partial charge is 0.222 e. The van der Waals surface area contributed by atoms with Gasteiger partial charge in [0.15, 0.2) is 5.96 Å². The molecule has 2 saturated heterocycles. The van der Waals surface area contributed by atoms with E-state index in [-0.39, 0.29) is 36.3 Å². The maximum absolute atomic E-state index is 12.1. The third-order valence-corrected chi connectivity index (χ3v) is 8.16. The first-order valence-corrected chi connectivity index (χ1v) is 16.5. The van der Waals surface area contributed by atoms with Crippen LogP contribution in [0, 0.1) is 0 Å². The molecule has 0 radical (unpaired) electrons. The van der Waals surface area contributed by atoms with E-state index in [4.69, 9.17) is 17.2 Å². The molecule has 44 heavy (non-hydrogen) atoms. The molecular formula is C33H69N9O2. The fraction of sp³-hybridized carbons (Fsp3) is 0.879. The van der Waals surface area contributed by atoms with E-state index in [1.807, 2.05) is 4.90 Å². The molecule has 11 heteroatoms. The molecule has 2 aliphatic rings. The molecule has 0 bridgehead atoms. The van der Waals surface area contributed by atoms with Crippen molar-refractivity contribution in [2.24, 2.45) is 27.2 Å². The number of nitrogens with two attached hydrogens (primary N) is 3. The average molecular weight is 624 g/mol. The van der Waals surface area contributed by atoms with E-state index in [1.54, 1.807) is 6.92 Å². The molecule has 2 fully saturated rings. The molecule has 7 N–H and O–H groups in total. The van der Waals surface area contributed by atoms with Gasteiger partial charge in [-0.1, -0.05) is 20.3 Å². The highest BCUT2D eigenvalue weighted by molar-refractivity contribution is 5.77. The fourth-order valence-electron chi connectivity index (χ4n) is 5.38. The number of nitrogens with one attached hydrogen (secondary N) is 1. The monoisotopic (exact) mass is 624 g/mol. The summed E-state index contributed by atoms with van der Waals surface area (Å²) in [5.74, 6) is 1.26. The molecule has 0 aromatic carbocycles. The van der Waals surface area contributed by atoms with E-state index in [1.165, 1.54) is 0 Å². The van der Waals surface area contributed by atoms with Crippen LogP contribution in [0.25, 0.3) is 0 Å². The van der Waals surface area contributed by atoms with Crippen molar-refractivity contribution in [1.29, 1.82) is 0 Å². The minimum absolute atomic E-state index is 0. The van der Waals surface area contributed by atoms with Gasteiger partial charge in [0.2, 0.25) is 11.8 Å². The molecule has 0 unspecified atom stereocenters. The predicted octanol–water partition coefficient (Wildman–Crippen LogP) is 3.70. The molecule has 0 atom stereocenters. The largest absolute Gasteiger partial charge is 0.388 e. The Hall–Kier alpha value is -2.40. The molecule has 2 rings (SSSR count). The number of hydrogen-bond donors (Lipinski definition) is 4. The van der Waals surface area contributed by atoms with E-state index in [9.17, 15) is 9.59 Å². The quantitative estimate of drug-likeness (QED) is 0.138. The van der Waals surface area contributed by atoms with Gasteiger partial charge < -0.3 is 27.4 Å². The SMILES string of the molecule is C.CC(C)(C)N1CCN(C(=O)CCCCCN=C(N)N)CC1.CC(N)=NCCCCCC(=O)NC1CCN(C(C)(C)C)CC1. The van der Waals surface area contributed by atoms with Crippen LogP contribution in [0.2, 0.25) is 0 Å². The molecule has 0 saturated carbocycles. The van der Waals surface area contributed by atoms with Crippen molar-refractivity contribution >= 4 is 23.6 Å². The van der Waals surface area contributed by atoms with Gasteiger partial charge >= 0.3 is 0 Å². The van der Waals surface area contributed by atoms with E-state index < -0.39 is 0 Å². The summed E-state index contributed by atoms with van der Waals surface area (Å²) in [6.45, 7) is 22.5. The second-order valence-electron chi connectivity index (χ2n) is 14.0. The summed E-state index contributed by atoms with van der Waals surface area (Å²) in [5, 5.41) is 3.19. The van der Waals surface area contributed by atoms with Crippen LogP contribution in [0.5, 0.6) is 0 Å². The molecular weight excluding hydrogens is 554 g/mol. The molecule has 0 aliphatic carbocycles. The number of piperazine rings is 1. The van der Waals surface area contributed by atoms with Crippen LogP contribution in [-0.2, 0) is 9.59 Å². The number of nitrogens with zero attached hydrogens (tertiary/aromatic N) is 5. The van der Waals surface area contributed by atoms with Crippen LogP contribution in [0.1, 0.15) is 120 Å². The van der Waals surface area contributed by atoms with Gasteiger partial charge in [-0.25, -0.2) is 0 Å². The van der Waals surface area contributed by atoms with Crippen LogP contribution < -0.4 is 22.5 Å². The second-order valence-corrected chi connectivity index (χ2v) is 14.0. The van der Waals surface area contributed by atoms with Crippen LogP contribution in [0.15, 0.2) is 9.98 Å². The van der Waals surface area contributed by atoms with Gasteiger partial charge in [0.05, 0.1) is 5.84 Å². The van der Waals surface area contributed by atoms with Gasteiger partial charge in [-0.2, -0.15) is 0 Å². The number of carbonyl (C=O) groups excluding carboxylic acids is 2. The number of unbranched alkanes of at least 4 members (excludes halogenated alkanes) is 4. The lowest BCUT2D eigenvalue weighted by atomic mass is 9.98. The summed E-state index contributed by atoms with van der Waals surface area (Å²) in [5.41, 5.74) is 16.4. The van der Waals surface area contributed by atoms with Gasteiger partial charge in [-0.3, -0.25) is 29.4 Å². The zero-order valence-corrected chi connectivity index (χ0v) is 28.6. The standard InChI is InChI=1S/C17H34N4O.C15H31N5O.CH4/c1-14(18)19-11-7-5-6-8-16(22)20-15-9-12-21(13-10-15)17(2,3)4;1-15(2,3)20-11-9-19(10-12-20)13(21)7-5-4-6-8-18-14(16)17;/h15H,5-13H2,1-4H3,(H2,18,19)(H,20,22);4-12H2,1-3H3,(H4,16,17,18);1H4. The number of carbonyl (C=O) groups is 2. The third kappa shape index (κ3) is 19.1. The summed E-state index contributed by atoms with van der Waals surface area (Å²) in [4.78, 5) is 39.1. The zero-order chi connectivity index (χ0) is 32.5. The summed E-state index contributed by atoms with van der Waals surface area (Å²) < 4.78 is 0. The van der Waals surface area contributed by atoms with Gasteiger partial charge in [-0.15, -0.1) is 0 Å². The Balaban J connectivity index is 0.000000823. The van der Waals surface area contributed by atoms with Crippen LogP contribution in [0.4, 0.5) is 0 Å². The highest BCUT2D eigenvalue weighted by Crippen LogP contribution is 2.20. The number of guanidine groups is 1. The van der Waals surface area contributed by atoms with Crippen molar-refractivity contribution in [2.45, 2.75) is 137 Å². The minimum atomic E-state index is 0. The third-order valence-electron chi connectivity index (χ3n) is 8.16. The Kier molecular flexibility index (Phi) is 20.2. The summed E-state index contributed by atoms with van der Waals surface area (Å²) >= 11 is 0. The van der Waals surface area contributed by atoms with Gasteiger partial charge in [0.25, 0.3) is 0 Å². The molecule has 0 aromatic rings. The first-order valence-electron chi connectivity index (χ1n) is 16.5. The highest BCUT2D eigenvalue weighted by atomic mass is 16.2. The normalized spacial score (nSPS) is 17.2. The molecule has 2 heterocycles. The Morgan fingerprint density at radius 1 is 0.705 bits per heavy atom. The van der Waals surface area contributed by atoms with Crippen LogP contribution in [0.3, 0.4) is 0 Å². The van der Waals surface area contributed by atoms with E-state index >= 15 is 0 Å². The maximum atomic E-state index is 12.1. The lowest BCUT2D eigenvalue weighted by Gasteiger charge is -2.42. The number of rotatable bonds is 13. The van der Waals surface area contributed by atoms with Crippen molar-refractivity contribution in [2.75, 3.05) is 52.4 Å². The lowest BCUT2D eigenvalue weighted by molar-refractivity contribution is -0.133. The second kappa shape index (κ2) is 21.4. The first kappa shape index (κ1) is 41.6.